The highest BCUT2D eigenvalue weighted by atomic mass is 16.6. The van der Waals surface area contributed by atoms with Crippen LogP contribution in [0, 0.1) is 10.1 Å². The molecule has 2 unspecified atom stereocenters. The topological polar surface area (TPSA) is 97.2 Å². The second kappa shape index (κ2) is 8.28. The summed E-state index contributed by atoms with van der Waals surface area (Å²) >= 11 is 0. The number of carbonyl (C=O) groups is 1. The summed E-state index contributed by atoms with van der Waals surface area (Å²) in [6, 6.07) is 0.541. The Bertz CT molecular complexity index is 540. The lowest BCUT2D eigenvalue weighted by molar-refractivity contribution is -0.532. The molecule has 0 aromatic rings. The number of nitrogens with one attached hydrogen (secondary N) is 1. The number of nitro groups is 1. The van der Waals surface area contributed by atoms with Crippen LogP contribution < -0.4 is 5.32 Å². The van der Waals surface area contributed by atoms with Crippen molar-refractivity contribution in [2.24, 2.45) is 0 Å². The number of nitrogens with zero attached hydrogens (tertiary/aromatic N) is 3. The molecule has 27 heavy (non-hydrogen) atoms. The molecule has 1 saturated carbocycles. The second-order valence-corrected chi connectivity index (χ2v) is 8.79. The van der Waals surface area contributed by atoms with E-state index in [2.05, 4.69) is 10.2 Å². The van der Waals surface area contributed by atoms with Crippen molar-refractivity contribution in [1.82, 2.24) is 15.1 Å². The van der Waals surface area contributed by atoms with Crippen LogP contribution in [0.4, 0.5) is 4.79 Å². The monoisotopic (exact) mass is 384 g/mol. The highest BCUT2D eigenvalue weighted by Gasteiger charge is 2.39. The molecular formula is C18H32N4O5. The molecule has 3 rings (SSSR count). The molecule has 0 spiro atoms. The minimum absolute atomic E-state index is 0.0555. The van der Waals surface area contributed by atoms with Crippen molar-refractivity contribution in [2.45, 2.75) is 76.4 Å². The van der Waals surface area contributed by atoms with Crippen LogP contribution in [0.3, 0.4) is 0 Å². The van der Waals surface area contributed by atoms with E-state index in [4.69, 9.17) is 9.47 Å². The summed E-state index contributed by atoms with van der Waals surface area (Å²) in [5, 5.41) is 13.9. The van der Waals surface area contributed by atoms with Crippen LogP contribution in [0.15, 0.2) is 0 Å². The summed E-state index contributed by atoms with van der Waals surface area (Å²) in [6.45, 7) is 8.97. The largest absolute Gasteiger partial charge is 0.444 e. The molecule has 0 aromatic heterocycles. The van der Waals surface area contributed by atoms with Gasteiger partial charge in [0.1, 0.15) is 5.60 Å². The Morgan fingerprint density at radius 2 is 2.07 bits per heavy atom. The summed E-state index contributed by atoms with van der Waals surface area (Å²) in [5.74, 6) is 0. The van der Waals surface area contributed by atoms with Crippen LogP contribution in [0.1, 0.15) is 46.5 Å². The first kappa shape index (κ1) is 20.3. The molecule has 2 saturated heterocycles. The van der Waals surface area contributed by atoms with E-state index >= 15 is 0 Å². The summed E-state index contributed by atoms with van der Waals surface area (Å²) in [5.41, 5.74) is -0.509. The number of morpholine rings is 1. The molecule has 154 valence electrons. The number of piperidine rings is 1. The third-order valence-electron chi connectivity index (χ3n) is 5.32. The van der Waals surface area contributed by atoms with Crippen LogP contribution in [0.2, 0.25) is 0 Å². The lowest BCUT2D eigenvalue weighted by Crippen LogP contribution is -2.57. The van der Waals surface area contributed by atoms with Gasteiger partial charge in [-0.1, -0.05) is 0 Å². The minimum atomic E-state index is -0.629. The molecule has 1 aliphatic carbocycles. The zero-order valence-corrected chi connectivity index (χ0v) is 16.6. The van der Waals surface area contributed by atoms with Crippen LogP contribution in [0.5, 0.6) is 0 Å². The number of amides is 1. The first-order valence-electron chi connectivity index (χ1n) is 9.95. The van der Waals surface area contributed by atoms with E-state index in [-0.39, 0.29) is 29.2 Å². The summed E-state index contributed by atoms with van der Waals surface area (Å²) in [4.78, 5) is 27.4. The van der Waals surface area contributed by atoms with Crippen molar-refractivity contribution in [3.8, 4) is 0 Å². The Morgan fingerprint density at radius 1 is 1.33 bits per heavy atom. The molecule has 3 fully saturated rings. The fourth-order valence-corrected chi connectivity index (χ4v) is 3.80. The Kier molecular flexibility index (Phi) is 6.22. The van der Waals surface area contributed by atoms with Gasteiger partial charge in [-0.25, -0.2) is 4.79 Å². The fraction of sp³-hybridized carbons (Fsp3) is 0.944. The smallest absolute Gasteiger partial charge is 0.410 e. The quantitative estimate of drug-likeness (QED) is 0.566. The first-order valence-corrected chi connectivity index (χ1v) is 9.95. The van der Waals surface area contributed by atoms with Crippen molar-refractivity contribution >= 4 is 6.09 Å². The van der Waals surface area contributed by atoms with Gasteiger partial charge in [-0.05, 0) is 40.0 Å². The first-order chi connectivity index (χ1) is 12.7. The van der Waals surface area contributed by atoms with Gasteiger partial charge in [-0.3, -0.25) is 20.3 Å². The van der Waals surface area contributed by atoms with E-state index in [1.807, 2.05) is 25.7 Å². The maximum Gasteiger partial charge on any atom is 0.410 e. The Hall–Kier alpha value is -1.45. The van der Waals surface area contributed by atoms with Gasteiger partial charge in [-0.2, -0.15) is 0 Å². The summed E-state index contributed by atoms with van der Waals surface area (Å²) in [6.07, 6.45) is 2.44. The average Bonchev–Trinajstić information content (AvgIpc) is 3.43. The zero-order chi connectivity index (χ0) is 19.6. The van der Waals surface area contributed by atoms with Gasteiger partial charge in [0, 0.05) is 43.1 Å². The van der Waals surface area contributed by atoms with E-state index in [0.717, 1.165) is 32.4 Å². The summed E-state index contributed by atoms with van der Waals surface area (Å²) < 4.78 is 11.5. The lowest BCUT2D eigenvalue weighted by Gasteiger charge is -2.41. The maximum atomic E-state index is 12.6. The van der Waals surface area contributed by atoms with Gasteiger partial charge < -0.3 is 14.4 Å². The van der Waals surface area contributed by atoms with Gasteiger partial charge in [-0.15, -0.1) is 0 Å². The van der Waals surface area contributed by atoms with E-state index in [1.54, 1.807) is 0 Å². The molecule has 2 heterocycles. The van der Waals surface area contributed by atoms with Gasteiger partial charge in [0.15, 0.2) is 0 Å². The number of ether oxygens (including phenoxy) is 2. The van der Waals surface area contributed by atoms with Gasteiger partial charge in [0.25, 0.3) is 6.17 Å². The highest BCUT2D eigenvalue weighted by molar-refractivity contribution is 5.69. The van der Waals surface area contributed by atoms with Gasteiger partial charge in [0.2, 0.25) is 0 Å². The molecule has 3 atom stereocenters. The van der Waals surface area contributed by atoms with Crippen molar-refractivity contribution in [2.75, 3.05) is 32.8 Å². The average molecular weight is 384 g/mol. The lowest BCUT2D eigenvalue weighted by atomic mass is 10.0. The standard InChI is InChI=1S/C18H32N4O5/c1-18(2,3)27-17(23)21(13-4-5-13)12-15-11-20(8-9-26-15)14-6-7-16(19-10-14)22(24)25/h13-16,19H,4-12H2,1-3H3/t14?,15-,16?/m0/s1. The zero-order valence-electron chi connectivity index (χ0n) is 16.6. The molecule has 0 aromatic carbocycles. The predicted molar refractivity (Wildman–Crippen MR) is 99.1 cm³/mol. The summed E-state index contributed by atoms with van der Waals surface area (Å²) in [7, 11) is 0. The van der Waals surface area contributed by atoms with E-state index in [9.17, 15) is 14.9 Å². The Labute approximate surface area is 160 Å². The van der Waals surface area contributed by atoms with Gasteiger partial charge >= 0.3 is 6.09 Å². The van der Waals surface area contributed by atoms with Crippen LogP contribution >= 0.6 is 0 Å². The van der Waals surface area contributed by atoms with E-state index < -0.39 is 11.8 Å². The molecule has 9 heteroatoms. The molecular weight excluding hydrogens is 352 g/mol. The molecule has 3 aliphatic rings. The van der Waals surface area contributed by atoms with E-state index in [0.29, 0.717) is 26.1 Å². The molecule has 0 radical (unpaired) electrons. The number of carbonyl (C=O) groups excluding carboxylic acids is 1. The third-order valence-corrected chi connectivity index (χ3v) is 5.32. The molecule has 1 amide bonds. The van der Waals surface area contributed by atoms with Gasteiger partial charge in [0.05, 0.1) is 19.3 Å². The van der Waals surface area contributed by atoms with Crippen molar-refractivity contribution < 1.29 is 19.2 Å². The number of hydrogen-bond acceptors (Lipinski definition) is 7. The molecule has 0 bridgehead atoms. The normalized spacial score (nSPS) is 30.0. The second-order valence-electron chi connectivity index (χ2n) is 8.79. The van der Waals surface area contributed by atoms with Crippen LogP contribution in [-0.4, -0.2) is 83.6 Å². The maximum absolute atomic E-state index is 12.6. The van der Waals surface area contributed by atoms with Crippen molar-refractivity contribution in [3.05, 3.63) is 10.1 Å². The van der Waals surface area contributed by atoms with E-state index in [1.165, 1.54) is 0 Å². The van der Waals surface area contributed by atoms with Crippen molar-refractivity contribution in [1.29, 1.82) is 0 Å². The third kappa shape index (κ3) is 5.76. The highest BCUT2D eigenvalue weighted by Crippen LogP contribution is 2.29. The van der Waals surface area contributed by atoms with Crippen molar-refractivity contribution in [3.63, 3.8) is 0 Å². The van der Waals surface area contributed by atoms with Crippen LogP contribution in [-0.2, 0) is 9.47 Å². The Balaban J connectivity index is 1.53. The molecule has 1 N–H and O–H groups in total. The Morgan fingerprint density at radius 3 is 2.63 bits per heavy atom. The minimum Gasteiger partial charge on any atom is -0.444 e. The molecule has 2 aliphatic heterocycles. The number of rotatable bonds is 5. The SMILES string of the molecule is CC(C)(C)OC(=O)N(C[C@@H]1CN(C2CCC([N+](=O)[O-])NC2)CCO1)C1CC1. The predicted octanol–water partition coefficient (Wildman–Crippen LogP) is 1.44. The fourth-order valence-electron chi connectivity index (χ4n) is 3.80. The molecule has 9 nitrogen and oxygen atoms in total. The van der Waals surface area contributed by atoms with Crippen LogP contribution in [0.25, 0.3) is 0 Å². The number of hydrogen-bond donors (Lipinski definition) is 1.